The minimum atomic E-state index is -1.13. The summed E-state index contributed by atoms with van der Waals surface area (Å²) in [5.41, 5.74) is 0.697. The number of nitrogens with zero attached hydrogens (tertiary/aromatic N) is 5. The van der Waals surface area contributed by atoms with Crippen molar-refractivity contribution in [2.45, 2.75) is 71.1 Å². The lowest BCUT2D eigenvalue weighted by molar-refractivity contribution is -0.139. The zero-order valence-corrected chi connectivity index (χ0v) is 21.3. The zero-order chi connectivity index (χ0) is 27.8. The number of aromatic nitrogens is 5. The molecule has 0 aliphatic carbocycles. The molecule has 5 N–H and O–H groups in total. The Morgan fingerprint density at radius 2 is 1.95 bits per heavy atom. The number of pyridine rings is 1. The van der Waals surface area contributed by atoms with Gasteiger partial charge in [-0.15, -0.1) is 10.2 Å². The largest absolute Gasteiger partial charge is 0.481 e. The highest BCUT2D eigenvalue weighted by Crippen LogP contribution is 2.30. The fourth-order valence-electron chi connectivity index (χ4n) is 4.00. The molecule has 2 aromatic rings. The van der Waals surface area contributed by atoms with E-state index < -0.39 is 47.7 Å². The Morgan fingerprint density at radius 1 is 1.18 bits per heavy atom. The van der Waals surface area contributed by atoms with E-state index in [1.165, 1.54) is 18.0 Å². The Kier molecular flexibility index (Phi) is 9.40. The Morgan fingerprint density at radius 3 is 2.61 bits per heavy atom. The second-order valence-electron chi connectivity index (χ2n) is 9.01. The van der Waals surface area contributed by atoms with E-state index in [2.05, 4.69) is 41.6 Å². The molecule has 0 spiro atoms. The van der Waals surface area contributed by atoms with Crippen LogP contribution in [0.1, 0.15) is 51.4 Å². The molecule has 204 valence electrons. The highest BCUT2D eigenvalue weighted by atomic mass is 16.4. The number of anilines is 1. The standard InChI is InChI=1S/C23H31N9O6/c1-4-12(2)19(27-17(33)7-8-18(34)35)22(37)26-13(3)23(38)32-15(10-14-6-5-9-24-20(14)32)21(36)25-11-16-28-30-31-29-16/h5-6,9,12-13,15,19H,4,7-8,10-11H2,1-3H3,(H,25,36)(H,26,37)(H,27,33)(H,34,35)(H,28,29,30,31)/t12-,13-,15-,19-/m0/s1. The molecule has 0 aromatic carbocycles. The molecule has 0 radical (unpaired) electrons. The minimum Gasteiger partial charge on any atom is -0.481 e. The number of tetrazole rings is 1. The minimum absolute atomic E-state index is 0.00207. The van der Waals surface area contributed by atoms with Gasteiger partial charge >= 0.3 is 5.97 Å². The van der Waals surface area contributed by atoms with Gasteiger partial charge < -0.3 is 21.1 Å². The van der Waals surface area contributed by atoms with Gasteiger partial charge in [-0.25, -0.2) is 4.98 Å². The topological polar surface area (TPSA) is 212 Å². The molecule has 4 atom stereocenters. The van der Waals surface area contributed by atoms with Crippen LogP contribution in [-0.2, 0) is 36.9 Å². The van der Waals surface area contributed by atoms with Gasteiger partial charge in [-0.3, -0.25) is 28.9 Å². The molecule has 0 saturated heterocycles. The number of carbonyl (C=O) groups excluding carboxylic acids is 4. The lowest BCUT2D eigenvalue weighted by atomic mass is 9.97. The van der Waals surface area contributed by atoms with Gasteiger partial charge in [0.1, 0.15) is 23.9 Å². The van der Waals surface area contributed by atoms with Crippen LogP contribution < -0.4 is 20.9 Å². The number of hydrogen-bond donors (Lipinski definition) is 5. The predicted octanol–water partition coefficient (Wildman–Crippen LogP) is -0.931. The summed E-state index contributed by atoms with van der Waals surface area (Å²) >= 11 is 0. The fraction of sp³-hybridized carbons (Fsp3) is 0.522. The third kappa shape index (κ3) is 6.86. The summed E-state index contributed by atoms with van der Waals surface area (Å²) < 4.78 is 0. The Balaban J connectivity index is 1.72. The molecule has 1 aliphatic heterocycles. The molecule has 3 rings (SSSR count). The van der Waals surface area contributed by atoms with Gasteiger partial charge in [0, 0.05) is 19.0 Å². The van der Waals surface area contributed by atoms with Crippen molar-refractivity contribution >= 4 is 35.4 Å². The first-order valence-electron chi connectivity index (χ1n) is 12.2. The number of hydrogen-bond acceptors (Lipinski definition) is 9. The quantitative estimate of drug-likeness (QED) is 0.228. The van der Waals surface area contributed by atoms with E-state index in [0.717, 1.165) is 0 Å². The first-order valence-corrected chi connectivity index (χ1v) is 12.2. The molecule has 1 aliphatic rings. The smallest absolute Gasteiger partial charge is 0.303 e. The molecule has 15 heteroatoms. The van der Waals surface area contributed by atoms with Crippen LogP contribution in [0.15, 0.2) is 18.3 Å². The summed E-state index contributed by atoms with van der Waals surface area (Å²) in [6.07, 6.45) is 1.63. The van der Waals surface area contributed by atoms with Crippen LogP contribution in [0, 0.1) is 5.92 Å². The fourth-order valence-corrected chi connectivity index (χ4v) is 4.00. The van der Waals surface area contributed by atoms with Crippen molar-refractivity contribution in [2.24, 2.45) is 5.92 Å². The first-order chi connectivity index (χ1) is 18.1. The summed E-state index contributed by atoms with van der Waals surface area (Å²) in [4.78, 5) is 68.2. The van der Waals surface area contributed by atoms with Gasteiger partial charge in [0.25, 0.3) is 5.91 Å². The van der Waals surface area contributed by atoms with Crippen molar-refractivity contribution in [2.75, 3.05) is 4.90 Å². The van der Waals surface area contributed by atoms with Crippen LogP contribution in [0.2, 0.25) is 0 Å². The van der Waals surface area contributed by atoms with Crippen LogP contribution >= 0.6 is 0 Å². The monoisotopic (exact) mass is 529 g/mol. The highest BCUT2D eigenvalue weighted by molar-refractivity contribution is 6.06. The van der Waals surface area contributed by atoms with Crippen LogP contribution in [0.5, 0.6) is 0 Å². The second-order valence-corrected chi connectivity index (χ2v) is 9.01. The number of carbonyl (C=O) groups is 5. The maximum atomic E-state index is 13.6. The molecule has 4 amide bonds. The van der Waals surface area contributed by atoms with Gasteiger partial charge in [0.05, 0.1) is 13.0 Å². The molecule has 0 fully saturated rings. The van der Waals surface area contributed by atoms with E-state index >= 15 is 0 Å². The lowest BCUT2D eigenvalue weighted by Gasteiger charge is -2.29. The van der Waals surface area contributed by atoms with Crippen LogP contribution in [-0.4, -0.2) is 78.4 Å². The van der Waals surface area contributed by atoms with Gasteiger partial charge in [0.2, 0.25) is 17.7 Å². The number of carboxylic acid groups (broad SMARTS) is 1. The SMILES string of the molecule is CC[C@H](C)[C@H](NC(=O)CCC(=O)O)C(=O)N[C@@H](C)C(=O)N1c2ncccc2C[C@H]1C(=O)NCc1nn[nH]n1. The number of fused-ring (bicyclic) bond motifs is 1. The van der Waals surface area contributed by atoms with Crippen molar-refractivity contribution in [3.8, 4) is 0 Å². The molecule has 0 bridgehead atoms. The number of aliphatic carboxylic acids is 1. The van der Waals surface area contributed by atoms with Crippen molar-refractivity contribution in [1.29, 1.82) is 0 Å². The van der Waals surface area contributed by atoms with Crippen molar-refractivity contribution in [1.82, 2.24) is 41.6 Å². The molecular formula is C23H31N9O6. The maximum Gasteiger partial charge on any atom is 0.303 e. The van der Waals surface area contributed by atoms with Crippen LogP contribution in [0.25, 0.3) is 0 Å². The number of rotatable bonds is 12. The van der Waals surface area contributed by atoms with E-state index in [-0.39, 0.29) is 37.5 Å². The van der Waals surface area contributed by atoms with Crippen molar-refractivity contribution in [3.05, 3.63) is 29.7 Å². The summed E-state index contributed by atoms with van der Waals surface area (Å²) in [6.45, 7) is 5.09. The summed E-state index contributed by atoms with van der Waals surface area (Å²) in [6, 6.07) is 0.514. The summed E-state index contributed by atoms with van der Waals surface area (Å²) in [5.74, 6) is -3.02. The van der Waals surface area contributed by atoms with E-state index in [9.17, 15) is 24.0 Å². The average Bonchev–Trinajstić information content (AvgIpc) is 3.56. The number of aromatic amines is 1. The Bertz CT molecular complexity index is 1170. The average molecular weight is 530 g/mol. The first kappa shape index (κ1) is 28.1. The predicted molar refractivity (Wildman–Crippen MR) is 131 cm³/mol. The zero-order valence-electron chi connectivity index (χ0n) is 21.3. The van der Waals surface area contributed by atoms with Gasteiger partial charge in [-0.1, -0.05) is 31.5 Å². The van der Waals surface area contributed by atoms with Gasteiger partial charge in [0.15, 0.2) is 5.82 Å². The van der Waals surface area contributed by atoms with Crippen molar-refractivity contribution in [3.63, 3.8) is 0 Å². The van der Waals surface area contributed by atoms with E-state index in [0.29, 0.717) is 17.8 Å². The number of amides is 4. The van der Waals surface area contributed by atoms with E-state index in [1.54, 1.807) is 19.1 Å². The Hall–Kier alpha value is -4.43. The molecule has 3 heterocycles. The Labute approximate surface area is 218 Å². The highest BCUT2D eigenvalue weighted by Gasteiger charge is 2.41. The number of carboxylic acids is 1. The number of nitrogens with one attached hydrogen (secondary N) is 4. The number of H-pyrrole nitrogens is 1. The van der Waals surface area contributed by atoms with E-state index in [4.69, 9.17) is 5.11 Å². The molecule has 38 heavy (non-hydrogen) atoms. The second kappa shape index (κ2) is 12.7. The lowest BCUT2D eigenvalue weighted by Crippen LogP contribution is -2.57. The van der Waals surface area contributed by atoms with Gasteiger partial charge in [-0.2, -0.15) is 5.21 Å². The normalized spacial score (nSPS) is 16.6. The van der Waals surface area contributed by atoms with E-state index in [1.807, 2.05) is 6.92 Å². The molecular weight excluding hydrogens is 498 g/mol. The van der Waals surface area contributed by atoms with Crippen molar-refractivity contribution < 1.29 is 29.1 Å². The molecule has 0 saturated carbocycles. The summed E-state index contributed by atoms with van der Waals surface area (Å²) in [5, 5.41) is 30.0. The van der Waals surface area contributed by atoms with Gasteiger partial charge in [-0.05, 0) is 24.5 Å². The third-order valence-corrected chi connectivity index (χ3v) is 6.28. The maximum absolute atomic E-state index is 13.6. The van der Waals surface area contributed by atoms with Crippen LogP contribution in [0.4, 0.5) is 5.82 Å². The summed E-state index contributed by atoms with van der Waals surface area (Å²) in [7, 11) is 0. The van der Waals surface area contributed by atoms with Crippen LogP contribution in [0.3, 0.4) is 0 Å². The molecule has 0 unspecified atom stereocenters. The molecule has 15 nitrogen and oxygen atoms in total. The third-order valence-electron chi connectivity index (χ3n) is 6.28. The molecule has 2 aromatic heterocycles.